The number of hydrogen-bond donors (Lipinski definition) is 1. The van der Waals surface area contributed by atoms with Gasteiger partial charge in [0.05, 0.1) is 0 Å². The predicted octanol–water partition coefficient (Wildman–Crippen LogP) is 2.78. The molecule has 2 aliphatic rings. The smallest absolute Gasteiger partial charge is 0.316 e. The van der Waals surface area contributed by atoms with Gasteiger partial charge >= 0.3 is 6.18 Å². The van der Waals surface area contributed by atoms with Crippen LogP contribution in [0.15, 0.2) is 12.3 Å². The molecule has 1 aliphatic heterocycles. The Balaban J connectivity index is 1.85. The average molecular weight is 310 g/mol. The van der Waals surface area contributed by atoms with Crippen LogP contribution in [0.5, 0.6) is 0 Å². The Bertz CT molecular complexity index is 697. The summed E-state index contributed by atoms with van der Waals surface area (Å²) in [5.41, 5.74) is -0.318. The molecule has 4 nitrogen and oxygen atoms in total. The molecule has 1 unspecified atom stereocenters. The second-order valence-corrected chi connectivity index (χ2v) is 6.29. The standard InChI is InChI=1S/C15H17F3N4/c16-15(17,18)13-11(10-3-5-19-8-10)4-6-22-12(7-9-1-2-9)20-21-14(13)22/h4,6,9-10,19H,1-3,5,7-8H2. The lowest BCUT2D eigenvalue weighted by Crippen LogP contribution is -2.16. The molecule has 2 aromatic heterocycles. The zero-order chi connectivity index (χ0) is 15.3. The van der Waals surface area contributed by atoms with Crippen molar-refractivity contribution in [3.8, 4) is 0 Å². The lowest BCUT2D eigenvalue weighted by molar-refractivity contribution is -0.137. The molecule has 0 bridgehead atoms. The topological polar surface area (TPSA) is 42.2 Å². The van der Waals surface area contributed by atoms with Crippen molar-refractivity contribution in [2.24, 2.45) is 5.92 Å². The molecule has 1 N–H and O–H groups in total. The quantitative estimate of drug-likeness (QED) is 0.948. The van der Waals surface area contributed by atoms with Gasteiger partial charge < -0.3 is 5.32 Å². The van der Waals surface area contributed by atoms with E-state index in [4.69, 9.17) is 0 Å². The van der Waals surface area contributed by atoms with E-state index in [1.807, 2.05) is 0 Å². The van der Waals surface area contributed by atoms with Crippen LogP contribution in [0.4, 0.5) is 13.2 Å². The van der Waals surface area contributed by atoms with Crippen molar-refractivity contribution in [3.05, 3.63) is 29.2 Å². The summed E-state index contributed by atoms with van der Waals surface area (Å²) in [5.74, 6) is 1.09. The van der Waals surface area contributed by atoms with E-state index in [0.717, 1.165) is 25.8 Å². The summed E-state index contributed by atoms with van der Waals surface area (Å²) in [5, 5.41) is 11.0. The Labute approximate surface area is 125 Å². The summed E-state index contributed by atoms with van der Waals surface area (Å²) in [6.45, 7) is 1.34. The van der Waals surface area contributed by atoms with Gasteiger partial charge in [-0.25, -0.2) is 0 Å². The highest BCUT2D eigenvalue weighted by Crippen LogP contribution is 2.40. The van der Waals surface area contributed by atoms with Gasteiger partial charge in [-0.2, -0.15) is 13.2 Å². The molecule has 2 aromatic rings. The fourth-order valence-corrected chi connectivity index (χ4v) is 3.29. The Morgan fingerprint density at radius 2 is 2.05 bits per heavy atom. The Morgan fingerprint density at radius 1 is 1.23 bits per heavy atom. The van der Waals surface area contributed by atoms with Crippen molar-refractivity contribution < 1.29 is 13.2 Å². The van der Waals surface area contributed by atoms with Gasteiger partial charge in [0.15, 0.2) is 5.65 Å². The number of halogens is 3. The molecule has 1 saturated carbocycles. The van der Waals surface area contributed by atoms with E-state index >= 15 is 0 Å². The molecule has 0 spiro atoms. The zero-order valence-corrected chi connectivity index (χ0v) is 12.0. The van der Waals surface area contributed by atoms with E-state index in [-0.39, 0.29) is 11.6 Å². The van der Waals surface area contributed by atoms with Gasteiger partial charge in [0.2, 0.25) is 0 Å². The first-order chi connectivity index (χ1) is 10.5. The van der Waals surface area contributed by atoms with Crippen LogP contribution in [0.3, 0.4) is 0 Å². The van der Waals surface area contributed by atoms with Crippen LogP contribution in [0.2, 0.25) is 0 Å². The number of aromatic nitrogens is 3. The van der Waals surface area contributed by atoms with Gasteiger partial charge in [0.1, 0.15) is 11.4 Å². The van der Waals surface area contributed by atoms with Crippen molar-refractivity contribution in [3.63, 3.8) is 0 Å². The molecule has 1 saturated heterocycles. The maximum absolute atomic E-state index is 13.6. The van der Waals surface area contributed by atoms with E-state index in [2.05, 4.69) is 15.5 Å². The third-order valence-electron chi connectivity index (χ3n) is 4.63. The summed E-state index contributed by atoms with van der Waals surface area (Å²) in [6.07, 6.45) is 0.991. The van der Waals surface area contributed by atoms with E-state index in [1.165, 1.54) is 4.40 Å². The number of fused-ring (bicyclic) bond motifs is 1. The molecule has 0 amide bonds. The van der Waals surface area contributed by atoms with Gasteiger partial charge in [-0.15, -0.1) is 10.2 Å². The summed E-state index contributed by atoms with van der Waals surface area (Å²) in [4.78, 5) is 0. The van der Waals surface area contributed by atoms with Crippen LogP contribution in [0.1, 0.15) is 42.1 Å². The molecule has 4 rings (SSSR count). The number of nitrogens with one attached hydrogen (secondary N) is 1. The molecule has 1 atom stereocenters. The van der Waals surface area contributed by atoms with Gasteiger partial charge in [-0.3, -0.25) is 4.40 Å². The highest BCUT2D eigenvalue weighted by atomic mass is 19.4. The van der Waals surface area contributed by atoms with E-state index in [0.29, 0.717) is 30.3 Å². The minimum Gasteiger partial charge on any atom is -0.316 e. The van der Waals surface area contributed by atoms with E-state index < -0.39 is 11.7 Å². The fraction of sp³-hybridized carbons (Fsp3) is 0.600. The average Bonchev–Trinajstić information content (AvgIpc) is 2.98. The second-order valence-electron chi connectivity index (χ2n) is 6.29. The Hall–Kier alpha value is -1.63. The number of pyridine rings is 1. The maximum atomic E-state index is 13.6. The van der Waals surface area contributed by atoms with Crippen LogP contribution in [0.25, 0.3) is 5.65 Å². The van der Waals surface area contributed by atoms with Crippen LogP contribution in [0, 0.1) is 5.92 Å². The lowest BCUT2D eigenvalue weighted by atomic mass is 9.94. The van der Waals surface area contributed by atoms with Crippen LogP contribution >= 0.6 is 0 Å². The van der Waals surface area contributed by atoms with Crippen molar-refractivity contribution >= 4 is 5.65 Å². The predicted molar refractivity (Wildman–Crippen MR) is 74.6 cm³/mol. The molecule has 118 valence electrons. The molecule has 0 radical (unpaired) electrons. The summed E-state index contributed by atoms with van der Waals surface area (Å²) in [7, 11) is 0. The minimum absolute atomic E-state index is 0.0486. The Kier molecular flexibility index (Phi) is 3.14. The van der Waals surface area contributed by atoms with Crippen molar-refractivity contribution in [1.29, 1.82) is 0 Å². The molecule has 1 aliphatic carbocycles. The third kappa shape index (κ3) is 2.37. The fourth-order valence-electron chi connectivity index (χ4n) is 3.29. The van der Waals surface area contributed by atoms with E-state index in [9.17, 15) is 13.2 Å². The van der Waals surface area contributed by atoms with Crippen molar-refractivity contribution in [2.45, 2.75) is 37.8 Å². The SMILES string of the molecule is FC(F)(F)c1c(C2CCNC2)ccn2c(CC3CC3)nnc12. The van der Waals surface area contributed by atoms with Gasteiger partial charge in [-0.05, 0) is 49.3 Å². The summed E-state index contributed by atoms with van der Waals surface area (Å²) >= 11 is 0. The highest BCUT2D eigenvalue weighted by Gasteiger charge is 2.39. The third-order valence-corrected chi connectivity index (χ3v) is 4.63. The zero-order valence-electron chi connectivity index (χ0n) is 12.0. The first-order valence-electron chi connectivity index (χ1n) is 7.68. The molecule has 0 aromatic carbocycles. The Morgan fingerprint density at radius 3 is 2.68 bits per heavy atom. The summed E-state index contributed by atoms with van der Waals surface area (Å²) in [6, 6.07) is 1.60. The first-order valence-corrected chi connectivity index (χ1v) is 7.68. The number of rotatable bonds is 3. The maximum Gasteiger partial charge on any atom is 0.420 e. The van der Waals surface area contributed by atoms with Gasteiger partial charge in [-0.1, -0.05) is 0 Å². The van der Waals surface area contributed by atoms with Crippen LogP contribution in [-0.4, -0.2) is 27.7 Å². The van der Waals surface area contributed by atoms with Crippen molar-refractivity contribution in [1.82, 2.24) is 19.9 Å². The molecule has 3 heterocycles. The minimum atomic E-state index is -4.41. The van der Waals surface area contributed by atoms with Gasteiger partial charge in [0, 0.05) is 19.2 Å². The number of nitrogens with zero attached hydrogens (tertiary/aromatic N) is 3. The summed E-state index contributed by atoms with van der Waals surface area (Å²) < 4.78 is 42.4. The molecule has 2 fully saturated rings. The lowest BCUT2D eigenvalue weighted by Gasteiger charge is -2.17. The van der Waals surface area contributed by atoms with Crippen LogP contribution < -0.4 is 5.32 Å². The molecule has 22 heavy (non-hydrogen) atoms. The number of hydrogen-bond acceptors (Lipinski definition) is 3. The monoisotopic (exact) mass is 310 g/mol. The molecular weight excluding hydrogens is 293 g/mol. The largest absolute Gasteiger partial charge is 0.420 e. The second kappa shape index (κ2) is 4.94. The number of alkyl halides is 3. The normalized spacial score (nSPS) is 22.6. The first kappa shape index (κ1) is 14.0. The molecule has 7 heteroatoms. The van der Waals surface area contributed by atoms with Crippen LogP contribution in [-0.2, 0) is 12.6 Å². The van der Waals surface area contributed by atoms with Crippen molar-refractivity contribution in [2.75, 3.05) is 13.1 Å². The van der Waals surface area contributed by atoms with Gasteiger partial charge in [0.25, 0.3) is 0 Å². The highest BCUT2D eigenvalue weighted by molar-refractivity contribution is 5.55. The van der Waals surface area contributed by atoms with E-state index in [1.54, 1.807) is 12.3 Å². The molecular formula is C15H17F3N4.